The van der Waals surface area contributed by atoms with Crippen molar-refractivity contribution in [1.29, 1.82) is 0 Å². The van der Waals surface area contributed by atoms with Gasteiger partial charge >= 0.3 is 38.0 Å². The van der Waals surface area contributed by atoms with Crippen LogP contribution in [0.25, 0.3) is 0 Å². The molecule has 0 atom stereocenters. The van der Waals surface area contributed by atoms with Crippen molar-refractivity contribution in [2.24, 2.45) is 0 Å². The van der Waals surface area contributed by atoms with Crippen LogP contribution in [0.2, 0.25) is 0 Å². The molecular weight excluding hydrogens is 289 g/mol. The summed E-state index contributed by atoms with van der Waals surface area (Å²) >= 11 is 0. The van der Waals surface area contributed by atoms with Crippen molar-refractivity contribution >= 4 is 55.4 Å². The average molecular weight is 306 g/mol. The Morgan fingerprint density at radius 2 is 2.00 bits per heavy atom. The van der Waals surface area contributed by atoms with Crippen molar-refractivity contribution < 1.29 is 24.1 Å². The zero-order valence-electron chi connectivity index (χ0n) is 8.40. The van der Waals surface area contributed by atoms with E-state index in [1.54, 1.807) is 6.92 Å². The first-order valence-electron chi connectivity index (χ1n) is 4.09. The highest BCUT2D eigenvalue weighted by molar-refractivity contribution is 6.22. The van der Waals surface area contributed by atoms with E-state index in [1.807, 2.05) is 0 Å². The van der Waals surface area contributed by atoms with Gasteiger partial charge in [0.05, 0.1) is 6.61 Å². The van der Waals surface area contributed by atoms with Gasteiger partial charge in [0.15, 0.2) is 23.2 Å². The van der Waals surface area contributed by atoms with E-state index in [0.717, 1.165) is 0 Å². The van der Waals surface area contributed by atoms with Crippen molar-refractivity contribution in [3.63, 3.8) is 0 Å². The quantitative estimate of drug-likeness (QED) is 0.297. The first kappa shape index (κ1) is 22.6. The summed E-state index contributed by atoms with van der Waals surface area (Å²) in [6.07, 6.45) is 1.19. The van der Waals surface area contributed by atoms with E-state index in [9.17, 15) is 10.1 Å². The lowest BCUT2D eigenvalue weighted by Gasteiger charge is -1.98. The maximum atomic E-state index is 10.4. The molecule has 18 heavy (non-hydrogen) atoms. The van der Waals surface area contributed by atoms with Crippen LogP contribution < -0.4 is 0 Å². The minimum absolute atomic E-state index is 0. The molecule has 0 aliphatic heterocycles. The lowest BCUT2D eigenvalue weighted by molar-refractivity contribution is -0.392. The standard InChI is InChI=1S/C6H9N3O3.Al.Mg.H2O3Si.5H/c1-5-7-4-6(9(11)12)8(5)2-3-10;;;1-4(2)3;;;;;/h4,10H,2-3H2,1H3;;;1-2H;;;;;. The molecule has 0 aliphatic rings. The van der Waals surface area contributed by atoms with E-state index in [2.05, 4.69) is 4.98 Å². The van der Waals surface area contributed by atoms with Gasteiger partial charge in [0.25, 0.3) is 0 Å². The minimum Gasteiger partial charge on any atom is -0.511 e. The smallest absolute Gasteiger partial charge is 0.511 e. The van der Waals surface area contributed by atoms with Gasteiger partial charge in [0, 0.05) is 6.92 Å². The molecule has 9 nitrogen and oxygen atoms in total. The van der Waals surface area contributed by atoms with Crippen LogP contribution in [0, 0.1) is 17.0 Å². The minimum atomic E-state index is -3.13. The molecule has 1 aromatic rings. The lowest BCUT2D eigenvalue weighted by atomic mass is 10.6. The fraction of sp³-hybridized carbons (Fsp3) is 0.500. The Kier molecular flexibility index (Phi) is 14.6. The van der Waals surface area contributed by atoms with Gasteiger partial charge in [-0.3, -0.25) is 4.46 Å². The van der Waals surface area contributed by atoms with Gasteiger partial charge in [0.2, 0.25) is 0 Å². The highest BCUT2D eigenvalue weighted by Gasteiger charge is 2.15. The Hall–Kier alpha value is -0.514. The third-order valence-corrected chi connectivity index (χ3v) is 1.54. The number of rotatable bonds is 3. The molecule has 0 radical (unpaired) electrons. The Morgan fingerprint density at radius 3 is 2.33 bits per heavy atom. The summed E-state index contributed by atoms with van der Waals surface area (Å²) in [4.78, 5) is 27.9. The predicted molar refractivity (Wildman–Crippen MR) is 70.1 cm³/mol. The first-order chi connectivity index (χ1) is 7.40. The SMILES string of the molecule is Cc1ncc([N+](=O)[O-])n1CCO.O=[Si](O)O.[AlH3].[MgH2]. The van der Waals surface area contributed by atoms with Crippen LogP contribution in [-0.2, 0) is 11.0 Å². The maximum Gasteiger partial charge on any atom is 0.761 e. The number of nitrogens with zero attached hydrogens (tertiary/aromatic N) is 3. The molecule has 12 heteroatoms. The van der Waals surface area contributed by atoms with Crippen LogP contribution in [0.4, 0.5) is 5.82 Å². The largest absolute Gasteiger partial charge is 0.761 e. The third-order valence-electron chi connectivity index (χ3n) is 1.54. The Bertz CT molecular complexity index is 385. The van der Waals surface area contributed by atoms with Gasteiger partial charge in [0.1, 0.15) is 12.7 Å². The molecule has 0 spiro atoms. The summed E-state index contributed by atoms with van der Waals surface area (Å²) in [5.74, 6) is 0.456. The summed E-state index contributed by atoms with van der Waals surface area (Å²) < 4.78 is 10.1. The monoisotopic (exact) mass is 305 g/mol. The van der Waals surface area contributed by atoms with Crippen LogP contribution in [0.3, 0.4) is 0 Å². The number of hydrogen-bond donors (Lipinski definition) is 3. The second kappa shape index (κ2) is 11.6. The molecule has 0 saturated heterocycles. The molecule has 3 N–H and O–H groups in total. The third kappa shape index (κ3) is 8.56. The van der Waals surface area contributed by atoms with Gasteiger partial charge in [-0.1, -0.05) is 0 Å². The number of aliphatic hydroxyl groups is 1. The molecule has 0 saturated carbocycles. The topological polar surface area (TPSA) is 139 Å². The van der Waals surface area contributed by atoms with Crippen LogP contribution >= 0.6 is 0 Å². The summed E-state index contributed by atoms with van der Waals surface area (Å²) in [6.45, 7) is 1.74. The molecule has 0 unspecified atom stereocenters. The molecule has 100 valence electrons. The van der Waals surface area contributed by atoms with Crippen LogP contribution in [-0.4, -0.2) is 85.4 Å². The number of imidazole rings is 1. The molecule has 0 fully saturated rings. The van der Waals surface area contributed by atoms with E-state index < -0.39 is 14.1 Å². The van der Waals surface area contributed by atoms with Crippen molar-refractivity contribution in [2.45, 2.75) is 13.5 Å². The molecule has 0 aliphatic carbocycles. The second-order valence-electron chi connectivity index (χ2n) is 2.58. The highest BCUT2D eigenvalue weighted by Crippen LogP contribution is 2.12. The van der Waals surface area contributed by atoms with Gasteiger partial charge in [-0.2, -0.15) is 0 Å². The van der Waals surface area contributed by atoms with Crippen LogP contribution in [0.1, 0.15) is 5.82 Å². The van der Waals surface area contributed by atoms with Crippen LogP contribution in [0.5, 0.6) is 0 Å². The van der Waals surface area contributed by atoms with Gasteiger partial charge in [-0.25, -0.2) is 9.55 Å². The van der Waals surface area contributed by atoms with Crippen molar-refractivity contribution in [3.05, 3.63) is 22.1 Å². The van der Waals surface area contributed by atoms with Gasteiger partial charge in [-0.15, -0.1) is 0 Å². The summed E-state index contributed by atoms with van der Waals surface area (Å²) in [6, 6.07) is 0. The van der Waals surface area contributed by atoms with Gasteiger partial charge < -0.3 is 24.8 Å². The maximum absolute atomic E-state index is 10.4. The Balaban J connectivity index is -0.000000332. The predicted octanol–water partition coefficient (Wildman–Crippen LogP) is -3.62. The van der Waals surface area contributed by atoms with E-state index in [-0.39, 0.29) is 59.4 Å². The fourth-order valence-corrected chi connectivity index (χ4v) is 0.978. The van der Waals surface area contributed by atoms with E-state index in [1.165, 1.54) is 10.8 Å². The normalized spacial score (nSPS) is 8.11. The van der Waals surface area contributed by atoms with E-state index >= 15 is 0 Å². The molecule has 0 bridgehead atoms. The summed E-state index contributed by atoms with van der Waals surface area (Å²) in [7, 11) is -3.13. The van der Waals surface area contributed by atoms with E-state index in [0.29, 0.717) is 5.82 Å². The van der Waals surface area contributed by atoms with Crippen molar-refractivity contribution in [3.8, 4) is 0 Å². The van der Waals surface area contributed by atoms with Crippen molar-refractivity contribution in [1.82, 2.24) is 9.55 Å². The zero-order valence-corrected chi connectivity index (χ0v) is 9.40. The molecule has 0 amide bonds. The molecule has 1 heterocycles. The number of aromatic nitrogens is 2. The van der Waals surface area contributed by atoms with Crippen LogP contribution in [0.15, 0.2) is 6.20 Å². The second-order valence-corrected chi connectivity index (χ2v) is 3.14. The highest BCUT2D eigenvalue weighted by atomic mass is 28.3. The molecule has 1 rings (SSSR count). The fourth-order valence-electron chi connectivity index (χ4n) is 0.978. The first-order valence-corrected chi connectivity index (χ1v) is 5.39. The number of aryl methyl sites for hydroxylation is 1. The average Bonchev–Trinajstić information content (AvgIpc) is 2.48. The number of aliphatic hydroxyl groups excluding tert-OH is 1. The molecular formula is C6H16AlMgN3O6Si. The summed E-state index contributed by atoms with van der Waals surface area (Å²) in [5, 5.41) is 19.0. The zero-order chi connectivity index (χ0) is 12.7. The van der Waals surface area contributed by atoms with E-state index in [4.69, 9.17) is 19.2 Å². The number of hydrogen-bond acceptors (Lipinski definition) is 5. The molecule has 1 aromatic heterocycles. The molecule has 0 aromatic carbocycles. The number of nitro groups is 1. The van der Waals surface area contributed by atoms with Gasteiger partial charge in [-0.05, 0) is 4.92 Å². The Morgan fingerprint density at radius 1 is 1.56 bits per heavy atom. The summed E-state index contributed by atoms with van der Waals surface area (Å²) in [5.41, 5.74) is 0. The van der Waals surface area contributed by atoms with Crippen molar-refractivity contribution in [2.75, 3.05) is 6.61 Å². The Labute approximate surface area is 131 Å². The lowest BCUT2D eigenvalue weighted by Crippen LogP contribution is -2.07.